The van der Waals surface area contributed by atoms with Gasteiger partial charge in [0.05, 0.1) is 0 Å². The fraction of sp³-hybridized carbons (Fsp3) is 0.312. The molecule has 0 aliphatic carbocycles. The molecule has 0 saturated carbocycles. The van der Waals surface area contributed by atoms with Gasteiger partial charge in [0.2, 0.25) is 0 Å². The lowest BCUT2D eigenvalue weighted by Gasteiger charge is -2.05. The van der Waals surface area contributed by atoms with Gasteiger partial charge in [0, 0.05) is 24.0 Å². The number of nitrogens with zero attached hydrogens (tertiary/aromatic N) is 1. The molecule has 0 fully saturated rings. The molecule has 0 aliphatic heterocycles. The maximum absolute atomic E-state index is 13.0. The van der Waals surface area contributed by atoms with Crippen LogP contribution in [-0.2, 0) is 12.8 Å². The third kappa shape index (κ3) is 7.74. The molecular weight excluding hydrogens is 431 g/mol. The van der Waals surface area contributed by atoms with Crippen LogP contribution >= 0.6 is 35.3 Å². The number of aryl methyl sites for hydroxylation is 1. The van der Waals surface area contributed by atoms with E-state index in [9.17, 15) is 8.78 Å². The van der Waals surface area contributed by atoms with Crippen molar-refractivity contribution in [3.63, 3.8) is 0 Å². The fourth-order valence-electron chi connectivity index (χ4n) is 2.06. The molecule has 0 radical (unpaired) electrons. The molecule has 0 saturated heterocycles. The number of aliphatic imine (C=N–C) groups is 1. The Morgan fingerprint density at radius 3 is 2.57 bits per heavy atom. The van der Waals surface area contributed by atoms with Crippen LogP contribution in [-0.4, -0.2) is 19.0 Å². The van der Waals surface area contributed by atoms with E-state index in [0.717, 1.165) is 19.0 Å². The summed E-state index contributed by atoms with van der Waals surface area (Å²) in [4.78, 5) is 5.50. The minimum atomic E-state index is -0.548. The van der Waals surface area contributed by atoms with E-state index in [0.29, 0.717) is 30.9 Å². The number of guanidine groups is 1. The second-order valence-corrected chi connectivity index (χ2v) is 5.94. The van der Waals surface area contributed by atoms with Crippen molar-refractivity contribution in [2.75, 3.05) is 13.1 Å². The smallest absolute Gasteiger partial charge is 0.188 e. The standard InChI is InChI=1S/C16H19F2N3S.HI/c17-13-9-12(10-14(18)11-13)3-1-6-20-16(19)21-7-5-15-4-2-8-22-15;/h2,4,8-11H,1,3,5-7H2,(H3,19,20,21);1H. The lowest BCUT2D eigenvalue weighted by molar-refractivity contribution is 0.578. The summed E-state index contributed by atoms with van der Waals surface area (Å²) in [5.74, 6) is -0.691. The van der Waals surface area contributed by atoms with E-state index >= 15 is 0 Å². The minimum absolute atomic E-state index is 0. The predicted molar refractivity (Wildman–Crippen MR) is 103 cm³/mol. The van der Waals surface area contributed by atoms with Crippen molar-refractivity contribution in [3.8, 4) is 0 Å². The molecule has 126 valence electrons. The van der Waals surface area contributed by atoms with Crippen molar-refractivity contribution in [2.45, 2.75) is 19.3 Å². The summed E-state index contributed by atoms with van der Waals surface area (Å²) in [7, 11) is 0. The lowest BCUT2D eigenvalue weighted by atomic mass is 10.1. The number of nitrogens with two attached hydrogens (primary N) is 1. The number of benzene rings is 1. The van der Waals surface area contributed by atoms with E-state index in [2.05, 4.69) is 16.4 Å². The first kappa shape index (κ1) is 19.8. The van der Waals surface area contributed by atoms with Crippen LogP contribution in [0, 0.1) is 11.6 Å². The third-order valence-electron chi connectivity index (χ3n) is 3.09. The molecule has 0 atom stereocenters. The van der Waals surface area contributed by atoms with Crippen molar-refractivity contribution in [2.24, 2.45) is 10.7 Å². The quantitative estimate of drug-likeness (QED) is 0.292. The number of hydrogen-bond donors (Lipinski definition) is 2. The Morgan fingerprint density at radius 1 is 1.17 bits per heavy atom. The van der Waals surface area contributed by atoms with E-state index in [4.69, 9.17) is 5.73 Å². The van der Waals surface area contributed by atoms with Crippen LogP contribution in [0.1, 0.15) is 16.9 Å². The molecule has 3 N–H and O–H groups in total. The average molecular weight is 451 g/mol. The van der Waals surface area contributed by atoms with Gasteiger partial charge in [-0.2, -0.15) is 0 Å². The lowest BCUT2D eigenvalue weighted by Crippen LogP contribution is -2.33. The summed E-state index contributed by atoms with van der Waals surface area (Å²) in [6, 6.07) is 7.66. The molecule has 0 bridgehead atoms. The van der Waals surface area contributed by atoms with Crippen LogP contribution in [0.4, 0.5) is 8.78 Å². The van der Waals surface area contributed by atoms with Crippen LogP contribution in [0.2, 0.25) is 0 Å². The Kier molecular flexibility index (Phi) is 9.08. The SMILES string of the molecule is I.NC(=NCCCc1cc(F)cc(F)c1)NCCc1cccs1. The van der Waals surface area contributed by atoms with Crippen LogP contribution < -0.4 is 11.1 Å². The normalized spacial score (nSPS) is 11.1. The molecule has 23 heavy (non-hydrogen) atoms. The highest BCUT2D eigenvalue weighted by molar-refractivity contribution is 14.0. The molecule has 1 aromatic carbocycles. The van der Waals surface area contributed by atoms with Gasteiger partial charge in [-0.3, -0.25) is 4.99 Å². The highest BCUT2D eigenvalue weighted by Gasteiger charge is 2.00. The summed E-state index contributed by atoms with van der Waals surface area (Å²) in [5.41, 5.74) is 6.40. The Bertz CT molecular complexity index is 598. The monoisotopic (exact) mass is 451 g/mol. The summed E-state index contributed by atoms with van der Waals surface area (Å²) in [6.45, 7) is 1.26. The predicted octanol–water partition coefficient (Wildman–Crippen LogP) is 3.72. The molecule has 2 aromatic rings. The van der Waals surface area contributed by atoms with E-state index in [1.165, 1.54) is 17.0 Å². The first-order valence-electron chi connectivity index (χ1n) is 7.14. The number of thiophene rings is 1. The molecule has 0 amide bonds. The zero-order chi connectivity index (χ0) is 15.8. The van der Waals surface area contributed by atoms with Gasteiger partial charge in [-0.15, -0.1) is 35.3 Å². The van der Waals surface area contributed by atoms with Gasteiger partial charge in [-0.1, -0.05) is 6.07 Å². The molecule has 3 nitrogen and oxygen atoms in total. The highest BCUT2D eigenvalue weighted by atomic mass is 127. The second kappa shape index (κ2) is 10.5. The number of hydrogen-bond acceptors (Lipinski definition) is 2. The zero-order valence-corrected chi connectivity index (χ0v) is 15.7. The summed E-state index contributed by atoms with van der Waals surface area (Å²) < 4.78 is 26.0. The summed E-state index contributed by atoms with van der Waals surface area (Å²) in [5, 5.41) is 5.10. The van der Waals surface area contributed by atoms with Crippen LogP contribution in [0.3, 0.4) is 0 Å². The van der Waals surface area contributed by atoms with Gasteiger partial charge in [-0.25, -0.2) is 8.78 Å². The van der Waals surface area contributed by atoms with Crippen molar-refractivity contribution in [1.82, 2.24) is 5.32 Å². The van der Waals surface area contributed by atoms with Crippen molar-refractivity contribution < 1.29 is 8.78 Å². The van der Waals surface area contributed by atoms with Crippen molar-refractivity contribution >= 4 is 41.3 Å². The Morgan fingerprint density at radius 2 is 1.91 bits per heavy atom. The number of rotatable bonds is 7. The second-order valence-electron chi connectivity index (χ2n) is 4.90. The van der Waals surface area contributed by atoms with E-state index in [1.807, 2.05) is 11.4 Å². The maximum atomic E-state index is 13.0. The van der Waals surface area contributed by atoms with E-state index in [-0.39, 0.29) is 24.0 Å². The molecule has 0 spiro atoms. The molecule has 1 aromatic heterocycles. The number of halogens is 3. The van der Waals surface area contributed by atoms with Gasteiger partial charge < -0.3 is 11.1 Å². The van der Waals surface area contributed by atoms with Gasteiger partial charge in [-0.05, 0) is 48.4 Å². The van der Waals surface area contributed by atoms with Crippen molar-refractivity contribution in [3.05, 3.63) is 57.8 Å². The first-order chi connectivity index (χ1) is 10.6. The minimum Gasteiger partial charge on any atom is -0.370 e. The molecule has 2 rings (SSSR count). The molecule has 7 heteroatoms. The largest absolute Gasteiger partial charge is 0.370 e. The maximum Gasteiger partial charge on any atom is 0.188 e. The Hall–Kier alpha value is -1.22. The summed E-state index contributed by atoms with van der Waals surface area (Å²) in [6.07, 6.45) is 2.17. The highest BCUT2D eigenvalue weighted by Crippen LogP contribution is 2.10. The molecule has 1 heterocycles. The Balaban J connectivity index is 0.00000264. The van der Waals surface area contributed by atoms with E-state index < -0.39 is 11.6 Å². The molecule has 0 unspecified atom stereocenters. The first-order valence-corrected chi connectivity index (χ1v) is 8.02. The Labute approximate surface area is 156 Å². The average Bonchev–Trinajstić information content (AvgIpc) is 2.96. The fourth-order valence-corrected chi connectivity index (χ4v) is 2.77. The molecule has 0 aliphatic rings. The van der Waals surface area contributed by atoms with Crippen LogP contribution in [0.5, 0.6) is 0 Å². The number of nitrogens with one attached hydrogen (secondary N) is 1. The third-order valence-corrected chi connectivity index (χ3v) is 4.02. The molecular formula is C16H20F2IN3S. The van der Waals surface area contributed by atoms with Crippen LogP contribution in [0.25, 0.3) is 0 Å². The zero-order valence-electron chi connectivity index (χ0n) is 12.6. The van der Waals surface area contributed by atoms with Crippen molar-refractivity contribution in [1.29, 1.82) is 0 Å². The van der Waals surface area contributed by atoms with E-state index in [1.54, 1.807) is 11.3 Å². The van der Waals surface area contributed by atoms with Gasteiger partial charge >= 0.3 is 0 Å². The summed E-state index contributed by atoms with van der Waals surface area (Å²) >= 11 is 1.71. The van der Waals surface area contributed by atoms with Gasteiger partial charge in [0.1, 0.15) is 11.6 Å². The van der Waals surface area contributed by atoms with Crippen LogP contribution in [0.15, 0.2) is 40.7 Å². The topological polar surface area (TPSA) is 50.4 Å². The van der Waals surface area contributed by atoms with Gasteiger partial charge in [0.25, 0.3) is 0 Å². The van der Waals surface area contributed by atoms with Gasteiger partial charge in [0.15, 0.2) is 5.96 Å².